The molecule has 0 fully saturated rings. The van der Waals surface area contributed by atoms with Crippen molar-refractivity contribution < 1.29 is 17.9 Å². The highest BCUT2D eigenvalue weighted by atomic mass is 79.9. The number of nitrogens with zero attached hydrogens (tertiary/aromatic N) is 1. The van der Waals surface area contributed by atoms with Crippen molar-refractivity contribution in [3.8, 4) is 5.75 Å². The van der Waals surface area contributed by atoms with Crippen LogP contribution in [0.3, 0.4) is 0 Å². The van der Waals surface area contributed by atoms with Crippen LogP contribution in [0, 0.1) is 5.92 Å². The molecule has 0 aliphatic carbocycles. The zero-order valence-electron chi connectivity index (χ0n) is 17.1. The number of nitrogens with one attached hydrogen (secondary N) is 1. The van der Waals surface area contributed by atoms with Gasteiger partial charge in [0, 0.05) is 23.2 Å². The molecule has 1 amide bonds. The molecule has 0 saturated heterocycles. The lowest BCUT2D eigenvalue weighted by atomic mass is 10.1. The van der Waals surface area contributed by atoms with Crippen molar-refractivity contribution in [1.82, 2.24) is 4.31 Å². The summed E-state index contributed by atoms with van der Waals surface area (Å²) in [6.07, 6.45) is 0. The van der Waals surface area contributed by atoms with Gasteiger partial charge in [-0.1, -0.05) is 43.6 Å². The van der Waals surface area contributed by atoms with Crippen molar-refractivity contribution in [2.24, 2.45) is 5.92 Å². The summed E-state index contributed by atoms with van der Waals surface area (Å²) in [5, 5.41) is 2.80. The molecule has 0 bridgehead atoms. The third kappa shape index (κ3) is 6.04. The molecule has 0 aliphatic rings. The van der Waals surface area contributed by atoms with Crippen molar-refractivity contribution in [1.29, 1.82) is 0 Å². The molecule has 0 saturated carbocycles. The van der Waals surface area contributed by atoms with Gasteiger partial charge in [0.05, 0.1) is 17.1 Å². The topological polar surface area (TPSA) is 75.7 Å². The zero-order chi connectivity index (χ0) is 21.6. The minimum atomic E-state index is -3.53. The van der Waals surface area contributed by atoms with Crippen LogP contribution in [0.4, 0.5) is 5.69 Å². The first kappa shape index (κ1) is 23.4. The van der Waals surface area contributed by atoms with Gasteiger partial charge in [-0.25, -0.2) is 8.42 Å². The maximum absolute atomic E-state index is 12.8. The fourth-order valence-corrected chi connectivity index (χ4v) is 4.50. The Balaban J connectivity index is 2.21. The first-order valence-corrected chi connectivity index (χ1v) is 11.8. The fraction of sp³-hybridized carbons (Fsp3) is 0.381. The molecule has 158 valence electrons. The normalized spacial score (nSPS) is 11.7. The molecule has 2 rings (SSSR count). The maximum Gasteiger partial charge on any atom is 0.259 e. The molecule has 0 spiro atoms. The molecule has 6 nitrogen and oxygen atoms in total. The number of anilines is 1. The Morgan fingerprint density at radius 2 is 1.72 bits per heavy atom. The third-order valence-electron chi connectivity index (χ3n) is 4.21. The SMILES string of the molecule is CCN(CC)S(=O)(=O)c1ccc(NC(=O)c2cc(Br)ccc2OCC(C)C)cc1. The zero-order valence-corrected chi connectivity index (χ0v) is 19.5. The van der Waals surface area contributed by atoms with Gasteiger partial charge in [-0.15, -0.1) is 0 Å². The van der Waals surface area contributed by atoms with E-state index in [-0.39, 0.29) is 10.8 Å². The van der Waals surface area contributed by atoms with E-state index >= 15 is 0 Å². The smallest absolute Gasteiger partial charge is 0.259 e. The summed E-state index contributed by atoms with van der Waals surface area (Å²) in [6.45, 7) is 8.97. The van der Waals surface area contributed by atoms with Crippen LogP contribution in [0.25, 0.3) is 0 Å². The minimum Gasteiger partial charge on any atom is -0.492 e. The van der Waals surface area contributed by atoms with Crippen LogP contribution in [-0.4, -0.2) is 38.3 Å². The number of rotatable bonds is 9. The van der Waals surface area contributed by atoms with E-state index in [1.54, 1.807) is 38.1 Å². The maximum atomic E-state index is 12.8. The summed E-state index contributed by atoms with van der Waals surface area (Å²) < 4.78 is 33.1. The second-order valence-electron chi connectivity index (χ2n) is 6.91. The lowest BCUT2D eigenvalue weighted by molar-refractivity contribution is 0.102. The second kappa shape index (κ2) is 10.2. The Bertz CT molecular complexity index is 940. The first-order valence-electron chi connectivity index (χ1n) is 9.52. The van der Waals surface area contributed by atoms with Gasteiger partial charge in [-0.2, -0.15) is 4.31 Å². The Hall–Kier alpha value is -1.90. The lowest BCUT2D eigenvalue weighted by Gasteiger charge is -2.18. The molecule has 0 aliphatic heterocycles. The van der Waals surface area contributed by atoms with Crippen LogP contribution in [0.1, 0.15) is 38.1 Å². The van der Waals surface area contributed by atoms with E-state index in [1.807, 2.05) is 19.9 Å². The van der Waals surface area contributed by atoms with E-state index in [0.29, 0.717) is 42.6 Å². The van der Waals surface area contributed by atoms with Gasteiger partial charge in [0.25, 0.3) is 5.91 Å². The lowest BCUT2D eigenvalue weighted by Crippen LogP contribution is -2.30. The highest BCUT2D eigenvalue weighted by Crippen LogP contribution is 2.25. The van der Waals surface area contributed by atoms with Gasteiger partial charge in [-0.05, 0) is 48.4 Å². The molecular weight excluding hydrogens is 456 g/mol. The molecule has 0 heterocycles. The molecule has 0 unspecified atom stereocenters. The van der Waals surface area contributed by atoms with Gasteiger partial charge in [0.1, 0.15) is 5.75 Å². The molecular formula is C21H27BrN2O4S. The van der Waals surface area contributed by atoms with Gasteiger partial charge in [0.2, 0.25) is 10.0 Å². The highest BCUT2D eigenvalue weighted by Gasteiger charge is 2.21. The highest BCUT2D eigenvalue weighted by molar-refractivity contribution is 9.10. The van der Waals surface area contributed by atoms with Crippen molar-refractivity contribution in [3.63, 3.8) is 0 Å². The first-order chi connectivity index (χ1) is 13.7. The quantitative estimate of drug-likeness (QED) is 0.558. The summed E-state index contributed by atoms with van der Waals surface area (Å²) in [4.78, 5) is 13.0. The number of amides is 1. The van der Waals surface area contributed by atoms with Crippen LogP contribution in [0.2, 0.25) is 0 Å². The van der Waals surface area contributed by atoms with Crippen LogP contribution in [0.15, 0.2) is 51.8 Å². The number of hydrogen-bond acceptors (Lipinski definition) is 4. The van der Waals surface area contributed by atoms with E-state index in [2.05, 4.69) is 21.2 Å². The van der Waals surface area contributed by atoms with Crippen LogP contribution in [-0.2, 0) is 10.0 Å². The summed E-state index contributed by atoms with van der Waals surface area (Å²) in [5.74, 6) is 0.499. The molecule has 2 aromatic rings. The average Bonchev–Trinajstić information content (AvgIpc) is 2.68. The summed E-state index contributed by atoms with van der Waals surface area (Å²) >= 11 is 3.38. The number of hydrogen-bond donors (Lipinski definition) is 1. The third-order valence-corrected chi connectivity index (χ3v) is 6.77. The van der Waals surface area contributed by atoms with E-state index < -0.39 is 10.0 Å². The Morgan fingerprint density at radius 1 is 1.10 bits per heavy atom. The van der Waals surface area contributed by atoms with Crippen molar-refractivity contribution >= 4 is 37.5 Å². The summed E-state index contributed by atoms with van der Waals surface area (Å²) in [6, 6.07) is 11.4. The van der Waals surface area contributed by atoms with E-state index in [1.165, 1.54) is 16.4 Å². The Labute approximate surface area is 181 Å². The molecule has 0 atom stereocenters. The Morgan fingerprint density at radius 3 is 2.28 bits per heavy atom. The van der Waals surface area contributed by atoms with Crippen molar-refractivity contribution in [2.45, 2.75) is 32.6 Å². The molecule has 2 aromatic carbocycles. The predicted molar refractivity (Wildman–Crippen MR) is 119 cm³/mol. The van der Waals surface area contributed by atoms with Gasteiger partial charge >= 0.3 is 0 Å². The fourth-order valence-electron chi connectivity index (χ4n) is 2.68. The number of carbonyl (C=O) groups excluding carboxylic acids is 1. The standard InChI is InChI=1S/C21H27BrN2O4S/c1-5-24(6-2)29(26,27)18-10-8-17(9-11-18)23-21(25)19-13-16(22)7-12-20(19)28-14-15(3)4/h7-13,15H,5-6,14H2,1-4H3,(H,23,25). The van der Waals surface area contributed by atoms with Crippen molar-refractivity contribution in [3.05, 3.63) is 52.5 Å². The van der Waals surface area contributed by atoms with Gasteiger partial charge in [0.15, 0.2) is 0 Å². The minimum absolute atomic E-state index is 0.197. The number of sulfonamides is 1. The predicted octanol–water partition coefficient (Wildman–Crippen LogP) is 4.77. The molecule has 0 radical (unpaired) electrons. The van der Waals surface area contributed by atoms with E-state index in [4.69, 9.17) is 4.74 Å². The second-order valence-corrected chi connectivity index (χ2v) is 9.77. The average molecular weight is 483 g/mol. The number of ether oxygens (including phenoxy) is 1. The van der Waals surface area contributed by atoms with Gasteiger partial charge < -0.3 is 10.1 Å². The van der Waals surface area contributed by atoms with E-state index in [9.17, 15) is 13.2 Å². The number of carbonyl (C=O) groups is 1. The largest absolute Gasteiger partial charge is 0.492 e. The number of benzene rings is 2. The van der Waals surface area contributed by atoms with Crippen LogP contribution < -0.4 is 10.1 Å². The Kier molecular flexibility index (Phi) is 8.24. The van der Waals surface area contributed by atoms with Crippen molar-refractivity contribution in [2.75, 3.05) is 25.0 Å². The molecule has 8 heteroatoms. The summed E-state index contributed by atoms with van der Waals surface area (Å²) in [5.41, 5.74) is 0.906. The van der Waals surface area contributed by atoms with E-state index in [0.717, 1.165) is 4.47 Å². The molecule has 1 N–H and O–H groups in total. The van der Waals surface area contributed by atoms with Crippen LogP contribution >= 0.6 is 15.9 Å². The van der Waals surface area contributed by atoms with Crippen LogP contribution in [0.5, 0.6) is 5.75 Å². The molecule has 29 heavy (non-hydrogen) atoms. The molecule has 0 aromatic heterocycles. The monoisotopic (exact) mass is 482 g/mol. The summed E-state index contributed by atoms with van der Waals surface area (Å²) in [7, 11) is -3.53. The van der Waals surface area contributed by atoms with Gasteiger partial charge in [-0.3, -0.25) is 4.79 Å². The number of halogens is 1.